The van der Waals surface area contributed by atoms with Crippen molar-refractivity contribution in [2.24, 2.45) is 0 Å². The van der Waals surface area contributed by atoms with Crippen LogP contribution in [0.1, 0.15) is 18.5 Å². The SMILES string of the molecule is Cc1ccnn1-c1cccc(NC(=O)CCC(=O)N2CCN(S(=O)(=O)c3ccccc3)CC2)c1. The van der Waals surface area contributed by atoms with Crippen molar-refractivity contribution in [1.29, 1.82) is 0 Å². The molecule has 0 spiro atoms. The number of carbonyl (C=O) groups excluding carboxylic acids is 2. The van der Waals surface area contributed by atoms with Crippen molar-refractivity contribution in [3.05, 3.63) is 72.6 Å². The number of piperazine rings is 1. The van der Waals surface area contributed by atoms with Crippen molar-refractivity contribution in [1.82, 2.24) is 19.0 Å². The number of carbonyl (C=O) groups is 2. The van der Waals surface area contributed by atoms with Gasteiger partial charge in [0.15, 0.2) is 0 Å². The number of aromatic nitrogens is 2. The van der Waals surface area contributed by atoms with Crippen LogP contribution in [0.4, 0.5) is 5.69 Å². The highest BCUT2D eigenvalue weighted by Gasteiger charge is 2.30. The Labute approximate surface area is 199 Å². The minimum Gasteiger partial charge on any atom is -0.340 e. The Hall–Kier alpha value is -3.50. The van der Waals surface area contributed by atoms with E-state index in [9.17, 15) is 18.0 Å². The van der Waals surface area contributed by atoms with Gasteiger partial charge in [-0.1, -0.05) is 24.3 Å². The van der Waals surface area contributed by atoms with Gasteiger partial charge in [0, 0.05) is 56.6 Å². The van der Waals surface area contributed by atoms with Crippen LogP contribution in [-0.2, 0) is 19.6 Å². The zero-order valence-electron chi connectivity index (χ0n) is 18.9. The summed E-state index contributed by atoms with van der Waals surface area (Å²) in [6, 6.07) is 17.5. The van der Waals surface area contributed by atoms with Gasteiger partial charge in [-0.3, -0.25) is 9.59 Å². The lowest BCUT2D eigenvalue weighted by molar-refractivity contribution is -0.133. The summed E-state index contributed by atoms with van der Waals surface area (Å²) < 4.78 is 28.6. The van der Waals surface area contributed by atoms with Crippen molar-refractivity contribution in [3.8, 4) is 5.69 Å². The molecule has 34 heavy (non-hydrogen) atoms. The standard InChI is InChI=1S/C24H27N5O4S/c1-19-12-13-25-29(19)21-7-5-6-20(18-21)26-23(30)10-11-24(31)27-14-16-28(17-15-27)34(32,33)22-8-3-2-4-9-22/h2-9,12-13,18H,10-11,14-17H2,1H3,(H,26,30). The van der Waals surface area contributed by atoms with Crippen LogP contribution < -0.4 is 5.32 Å². The van der Waals surface area contributed by atoms with E-state index in [0.29, 0.717) is 18.8 Å². The molecule has 1 aromatic heterocycles. The van der Waals surface area contributed by atoms with Crippen LogP contribution >= 0.6 is 0 Å². The summed E-state index contributed by atoms with van der Waals surface area (Å²) in [7, 11) is -3.57. The van der Waals surface area contributed by atoms with Gasteiger partial charge in [0.2, 0.25) is 21.8 Å². The summed E-state index contributed by atoms with van der Waals surface area (Å²) in [5, 5.41) is 7.10. The normalized spacial score (nSPS) is 14.7. The van der Waals surface area contributed by atoms with E-state index in [0.717, 1.165) is 11.4 Å². The van der Waals surface area contributed by atoms with Crippen LogP contribution in [0.5, 0.6) is 0 Å². The quantitative estimate of drug-likeness (QED) is 0.558. The predicted octanol–water partition coefficient (Wildman–Crippen LogP) is 2.43. The van der Waals surface area contributed by atoms with Crippen LogP contribution in [-0.4, -0.2) is 65.4 Å². The molecule has 1 aliphatic rings. The first kappa shape index (κ1) is 23.7. The van der Waals surface area contributed by atoms with Gasteiger partial charge in [0.25, 0.3) is 0 Å². The molecule has 0 bridgehead atoms. The molecular weight excluding hydrogens is 454 g/mol. The number of amides is 2. The fraction of sp³-hybridized carbons (Fsp3) is 0.292. The molecule has 2 aromatic carbocycles. The fourth-order valence-corrected chi connectivity index (χ4v) is 5.32. The van der Waals surface area contributed by atoms with Crippen LogP contribution in [0, 0.1) is 6.92 Å². The number of anilines is 1. The molecule has 4 rings (SSSR count). The minimum absolute atomic E-state index is 0.0480. The highest BCUT2D eigenvalue weighted by Crippen LogP contribution is 2.18. The second-order valence-electron chi connectivity index (χ2n) is 8.08. The lowest BCUT2D eigenvalue weighted by Gasteiger charge is -2.34. The Kier molecular flexibility index (Phi) is 7.09. The second-order valence-corrected chi connectivity index (χ2v) is 10.0. The van der Waals surface area contributed by atoms with E-state index in [-0.39, 0.29) is 42.6 Å². The van der Waals surface area contributed by atoms with Crippen molar-refractivity contribution in [2.45, 2.75) is 24.7 Å². The molecule has 3 aromatic rings. The van der Waals surface area contributed by atoms with Gasteiger partial charge in [-0.05, 0) is 43.3 Å². The summed E-state index contributed by atoms with van der Waals surface area (Å²) in [5.74, 6) is -0.416. The van der Waals surface area contributed by atoms with E-state index < -0.39 is 10.0 Å². The van der Waals surface area contributed by atoms with E-state index >= 15 is 0 Å². The highest BCUT2D eigenvalue weighted by atomic mass is 32.2. The average molecular weight is 482 g/mol. The van der Waals surface area contributed by atoms with Gasteiger partial charge in [-0.25, -0.2) is 13.1 Å². The molecule has 9 nitrogen and oxygen atoms in total. The summed E-state index contributed by atoms with van der Waals surface area (Å²) in [5.41, 5.74) is 2.44. The van der Waals surface area contributed by atoms with Crippen molar-refractivity contribution < 1.29 is 18.0 Å². The van der Waals surface area contributed by atoms with E-state index in [1.165, 1.54) is 4.31 Å². The van der Waals surface area contributed by atoms with Crippen LogP contribution in [0.3, 0.4) is 0 Å². The number of benzene rings is 2. The second kappa shape index (κ2) is 10.2. The first-order chi connectivity index (χ1) is 16.3. The van der Waals surface area contributed by atoms with E-state index in [1.54, 1.807) is 52.2 Å². The number of nitrogens with one attached hydrogen (secondary N) is 1. The van der Waals surface area contributed by atoms with Gasteiger partial charge in [-0.2, -0.15) is 9.40 Å². The molecule has 10 heteroatoms. The fourth-order valence-electron chi connectivity index (χ4n) is 3.88. The minimum atomic E-state index is -3.57. The zero-order chi connectivity index (χ0) is 24.1. The molecule has 1 N–H and O–H groups in total. The molecule has 0 unspecified atom stereocenters. The van der Waals surface area contributed by atoms with Crippen molar-refractivity contribution >= 4 is 27.5 Å². The Morgan fingerprint density at radius 2 is 1.68 bits per heavy atom. The third kappa shape index (κ3) is 5.35. The number of hydrogen-bond donors (Lipinski definition) is 1. The summed E-state index contributed by atoms with van der Waals surface area (Å²) in [6.07, 6.45) is 1.82. The van der Waals surface area contributed by atoms with Gasteiger partial charge in [-0.15, -0.1) is 0 Å². The maximum atomic E-state index is 12.7. The lowest BCUT2D eigenvalue weighted by atomic mass is 10.2. The lowest BCUT2D eigenvalue weighted by Crippen LogP contribution is -2.50. The molecule has 0 atom stereocenters. The number of aryl methyl sites for hydroxylation is 1. The molecule has 0 radical (unpaired) electrons. The molecule has 2 heterocycles. The third-order valence-electron chi connectivity index (χ3n) is 5.74. The van der Waals surface area contributed by atoms with Crippen molar-refractivity contribution in [2.75, 3.05) is 31.5 Å². The maximum absolute atomic E-state index is 12.7. The van der Waals surface area contributed by atoms with E-state index in [1.807, 2.05) is 31.2 Å². The van der Waals surface area contributed by atoms with Crippen LogP contribution in [0.25, 0.3) is 5.69 Å². The monoisotopic (exact) mass is 481 g/mol. The summed E-state index contributed by atoms with van der Waals surface area (Å²) in [4.78, 5) is 26.9. The Morgan fingerprint density at radius 1 is 0.941 bits per heavy atom. The maximum Gasteiger partial charge on any atom is 0.243 e. The Balaban J connectivity index is 1.26. The molecule has 1 saturated heterocycles. The largest absolute Gasteiger partial charge is 0.340 e. The number of sulfonamides is 1. The smallest absolute Gasteiger partial charge is 0.243 e. The summed E-state index contributed by atoms with van der Waals surface area (Å²) in [6.45, 7) is 3.01. The Morgan fingerprint density at radius 3 is 2.35 bits per heavy atom. The average Bonchev–Trinajstić information content (AvgIpc) is 3.29. The van der Waals surface area contributed by atoms with Gasteiger partial charge < -0.3 is 10.2 Å². The predicted molar refractivity (Wildman–Crippen MR) is 128 cm³/mol. The van der Waals surface area contributed by atoms with Crippen molar-refractivity contribution in [3.63, 3.8) is 0 Å². The van der Waals surface area contributed by atoms with Gasteiger partial charge >= 0.3 is 0 Å². The molecule has 178 valence electrons. The number of hydrogen-bond acceptors (Lipinski definition) is 5. The molecule has 0 aliphatic carbocycles. The van der Waals surface area contributed by atoms with E-state index in [2.05, 4.69) is 10.4 Å². The topological polar surface area (TPSA) is 105 Å². The highest BCUT2D eigenvalue weighted by molar-refractivity contribution is 7.89. The van der Waals surface area contributed by atoms with Crippen LogP contribution in [0.2, 0.25) is 0 Å². The molecule has 0 saturated carbocycles. The van der Waals surface area contributed by atoms with E-state index in [4.69, 9.17) is 0 Å². The van der Waals surface area contributed by atoms with Gasteiger partial charge in [0.1, 0.15) is 0 Å². The first-order valence-corrected chi connectivity index (χ1v) is 12.5. The third-order valence-corrected chi connectivity index (χ3v) is 7.66. The molecule has 1 fully saturated rings. The zero-order valence-corrected chi connectivity index (χ0v) is 19.7. The van der Waals surface area contributed by atoms with Crippen LogP contribution in [0.15, 0.2) is 71.8 Å². The number of nitrogens with zero attached hydrogens (tertiary/aromatic N) is 4. The summed E-state index contributed by atoms with van der Waals surface area (Å²) >= 11 is 0. The molecule has 2 amide bonds. The first-order valence-electron chi connectivity index (χ1n) is 11.1. The molecular formula is C24H27N5O4S. The number of rotatable bonds is 7. The Bertz CT molecular complexity index is 1270. The van der Waals surface area contributed by atoms with Gasteiger partial charge in [0.05, 0.1) is 10.6 Å². The molecule has 1 aliphatic heterocycles.